The van der Waals surface area contributed by atoms with E-state index in [-0.39, 0.29) is 6.42 Å². The number of nitrogens with zero attached hydrogens (tertiary/aromatic N) is 1. The third-order valence-electron chi connectivity index (χ3n) is 0.970. The molecule has 1 atom stereocenters. The van der Waals surface area contributed by atoms with E-state index in [1.54, 1.807) is 0 Å². The van der Waals surface area contributed by atoms with Gasteiger partial charge in [0.05, 0.1) is 0 Å². The zero-order valence-corrected chi connectivity index (χ0v) is 5.03. The highest BCUT2D eigenvalue weighted by atomic mass is 16.6. The van der Waals surface area contributed by atoms with Gasteiger partial charge in [-0.2, -0.15) is 0 Å². The summed E-state index contributed by atoms with van der Waals surface area (Å²) in [6, 6.07) is -1.22. The Kier molecular flexibility index (Phi) is 2.63. The normalized spacial score (nSPS) is 12.6. The largest absolute Gasteiger partial charge is 0.364 e. The zero-order chi connectivity index (χ0) is 7.44. The van der Waals surface area contributed by atoms with Crippen molar-refractivity contribution in [2.24, 2.45) is 5.73 Å². The Balaban J connectivity index is 3.99. The van der Waals surface area contributed by atoms with Crippen molar-refractivity contribution in [3.63, 3.8) is 0 Å². The summed E-state index contributed by atoms with van der Waals surface area (Å²) in [5.41, 5.74) is 4.67. The van der Waals surface area contributed by atoms with Crippen molar-refractivity contribution < 1.29 is 9.72 Å². The molecule has 0 saturated heterocycles. The molecule has 2 N–H and O–H groups in total. The summed E-state index contributed by atoms with van der Waals surface area (Å²) in [6.45, 7) is 1.54. The molecule has 0 saturated carbocycles. The summed E-state index contributed by atoms with van der Waals surface area (Å²) >= 11 is 0. The first-order chi connectivity index (χ1) is 4.09. The summed E-state index contributed by atoms with van der Waals surface area (Å²) in [5.74, 6) is -0.873. The number of rotatable bonds is 3. The van der Waals surface area contributed by atoms with Gasteiger partial charge in [-0.1, -0.05) is 6.92 Å². The number of nitro groups is 1. The SMILES string of the molecule is CCC(C(N)=O)[N+](=O)[O-]. The van der Waals surface area contributed by atoms with E-state index < -0.39 is 16.9 Å². The standard InChI is InChI=1S/C4H8N2O3/c1-2-3(4(5)7)6(8)9/h3H,2H2,1H3,(H2,5,7). The lowest BCUT2D eigenvalue weighted by molar-refractivity contribution is -0.507. The molecule has 0 fully saturated rings. The average molecular weight is 132 g/mol. The van der Waals surface area contributed by atoms with Crippen LogP contribution in [0.1, 0.15) is 13.3 Å². The van der Waals surface area contributed by atoms with Gasteiger partial charge in [-0.25, -0.2) is 0 Å². The molecule has 0 aromatic heterocycles. The van der Waals surface area contributed by atoms with Crippen LogP contribution >= 0.6 is 0 Å². The molecule has 0 aliphatic rings. The van der Waals surface area contributed by atoms with E-state index in [1.165, 1.54) is 6.92 Å². The minimum Gasteiger partial charge on any atom is -0.364 e. The maximum atomic E-state index is 10.2. The molecular formula is C4H8N2O3. The summed E-state index contributed by atoms with van der Waals surface area (Å²) in [6.07, 6.45) is 0.155. The van der Waals surface area contributed by atoms with Gasteiger partial charge in [-0.05, 0) is 0 Å². The number of hydrogen-bond acceptors (Lipinski definition) is 3. The smallest absolute Gasteiger partial charge is 0.292 e. The highest BCUT2D eigenvalue weighted by Gasteiger charge is 2.23. The van der Waals surface area contributed by atoms with Crippen LogP contribution in [0, 0.1) is 10.1 Å². The predicted molar refractivity (Wildman–Crippen MR) is 30.3 cm³/mol. The quantitative estimate of drug-likeness (QED) is 0.416. The van der Waals surface area contributed by atoms with Crippen molar-refractivity contribution in [2.75, 3.05) is 0 Å². The Morgan fingerprint density at radius 3 is 2.33 bits per heavy atom. The van der Waals surface area contributed by atoms with Crippen LogP contribution in [0.25, 0.3) is 0 Å². The first-order valence-corrected chi connectivity index (χ1v) is 2.52. The zero-order valence-electron chi connectivity index (χ0n) is 5.03. The van der Waals surface area contributed by atoms with Gasteiger partial charge in [0.1, 0.15) is 0 Å². The van der Waals surface area contributed by atoms with E-state index in [9.17, 15) is 14.9 Å². The maximum Gasteiger partial charge on any atom is 0.292 e. The van der Waals surface area contributed by atoms with Crippen LogP contribution in [0.4, 0.5) is 0 Å². The molecule has 0 aromatic rings. The van der Waals surface area contributed by atoms with E-state index in [4.69, 9.17) is 0 Å². The lowest BCUT2D eigenvalue weighted by Gasteiger charge is -1.98. The Hall–Kier alpha value is -1.13. The fourth-order valence-corrected chi connectivity index (χ4v) is 0.454. The molecule has 0 aliphatic heterocycles. The van der Waals surface area contributed by atoms with Gasteiger partial charge >= 0.3 is 0 Å². The number of carbonyl (C=O) groups excluding carboxylic acids is 1. The Bertz CT molecular complexity index is 120. The second-order valence-corrected chi connectivity index (χ2v) is 1.61. The average Bonchev–Trinajstić information content (AvgIpc) is 1.64. The minimum atomic E-state index is -1.22. The summed E-state index contributed by atoms with van der Waals surface area (Å²) in [4.78, 5) is 19.4. The molecule has 0 aliphatic carbocycles. The molecule has 1 unspecified atom stereocenters. The van der Waals surface area contributed by atoms with Crippen molar-refractivity contribution >= 4 is 5.91 Å². The Morgan fingerprint density at radius 1 is 1.89 bits per heavy atom. The second kappa shape index (κ2) is 3.01. The molecular weight excluding hydrogens is 124 g/mol. The van der Waals surface area contributed by atoms with Gasteiger partial charge < -0.3 is 5.73 Å². The first kappa shape index (κ1) is 7.87. The van der Waals surface area contributed by atoms with E-state index in [0.29, 0.717) is 0 Å². The van der Waals surface area contributed by atoms with Crippen LogP contribution in [-0.4, -0.2) is 16.9 Å². The van der Waals surface area contributed by atoms with E-state index in [2.05, 4.69) is 5.73 Å². The molecule has 52 valence electrons. The van der Waals surface area contributed by atoms with Crippen molar-refractivity contribution in [1.82, 2.24) is 0 Å². The number of carbonyl (C=O) groups is 1. The van der Waals surface area contributed by atoms with Crippen LogP contribution in [0.15, 0.2) is 0 Å². The van der Waals surface area contributed by atoms with Crippen molar-refractivity contribution in [3.05, 3.63) is 10.1 Å². The van der Waals surface area contributed by atoms with Gasteiger partial charge in [-0.15, -0.1) is 0 Å². The lowest BCUT2D eigenvalue weighted by atomic mass is 10.2. The molecule has 0 heterocycles. The monoisotopic (exact) mass is 132 g/mol. The predicted octanol–water partition coefficient (Wildman–Crippen LogP) is -0.473. The first-order valence-electron chi connectivity index (χ1n) is 2.52. The van der Waals surface area contributed by atoms with Gasteiger partial charge in [0.25, 0.3) is 11.9 Å². The van der Waals surface area contributed by atoms with E-state index in [1.807, 2.05) is 0 Å². The van der Waals surface area contributed by atoms with E-state index >= 15 is 0 Å². The van der Waals surface area contributed by atoms with Gasteiger partial charge in [0, 0.05) is 11.3 Å². The molecule has 0 bridgehead atoms. The Morgan fingerprint density at radius 2 is 2.33 bits per heavy atom. The van der Waals surface area contributed by atoms with Crippen LogP contribution in [0.2, 0.25) is 0 Å². The van der Waals surface area contributed by atoms with Crippen molar-refractivity contribution in [1.29, 1.82) is 0 Å². The number of amides is 1. The molecule has 9 heavy (non-hydrogen) atoms. The van der Waals surface area contributed by atoms with Crippen LogP contribution in [0.3, 0.4) is 0 Å². The molecule has 0 spiro atoms. The molecule has 0 radical (unpaired) electrons. The van der Waals surface area contributed by atoms with E-state index in [0.717, 1.165) is 0 Å². The highest BCUT2D eigenvalue weighted by Crippen LogP contribution is 1.92. The summed E-state index contributed by atoms with van der Waals surface area (Å²) in [5, 5.41) is 9.88. The molecule has 1 amide bonds. The molecule has 5 nitrogen and oxygen atoms in total. The van der Waals surface area contributed by atoms with Crippen LogP contribution in [0.5, 0.6) is 0 Å². The molecule has 0 aromatic carbocycles. The lowest BCUT2D eigenvalue weighted by Crippen LogP contribution is -2.34. The minimum absolute atomic E-state index is 0.155. The van der Waals surface area contributed by atoms with Crippen LogP contribution in [-0.2, 0) is 4.79 Å². The topological polar surface area (TPSA) is 86.2 Å². The fourth-order valence-electron chi connectivity index (χ4n) is 0.454. The highest BCUT2D eigenvalue weighted by molar-refractivity contribution is 5.78. The summed E-state index contributed by atoms with van der Waals surface area (Å²) in [7, 11) is 0. The Labute approximate surface area is 52.0 Å². The number of primary amides is 1. The summed E-state index contributed by atoms with van der Waals surface area (Å²) < 4.78 is 0. The molecule has 5 heteroatoms. The second-order valence-electron chi connectivity index (χ2n) is 1.61. The number of nitrogens with two attached hydrogens (primary N) is 1. The van der Waals surface area contributed by atoms with Crippen LogP contribution < -0.4 is 5.73 Å². The van der Waals surface area contributed by atoms with Gasteiger partial charge in [0.2, 0.25) is 0 Å². The van der Waals surface area contributed by atoms with Gasteiger partial charge in [-0.3, -0.25) is 14.9 Å². The molecule has 0 rings (SSSR count). The maximum absolute atomic E-state index is 10.2. The number of hydrogen-bond donors (Lipinski definition) is 1. The fraction of sp³-hybridized carbons (Fsp3) is 0.750. The van der Waals surface area contributed by atoms with Crippen molar-refractivity contribution in [3.8, 4) is 0 Å². The third-order valence-corrected chi connectivity index (χ3v) is 0.970. The third kappa shape index (κ3) is 2.07. The van der Waals surface area contributed by atoms with Gasteiger partial charge in [0.15, 0.2) is 0 Å². The van der Waals surface area contributed by atoms with Crippen molar-refractivity contribution in [2.45, 2.75) is 19.4 Å².